The molecule has 0 amide bonds. The molecule has 122 valence electrons. The molecule has 1 aliphatic heterocycles. The minimum absolute atomic E-state index is 0.321. The van der Waals surface area contributed by atoms with Crippen molar-refractivity contribution < 1.29 is 18.9 Å². The number of hydrogen-bond donors (Lipinski definition) is 0. The highest BCUT2D eigenvalue weighted by Gasteiger charge is 2.22. The van der Waals surface area contributed by atoms with E-state index in [1.165, 1.54) is 5.56 Å². The summed E-state index contributed by atoms with van der Waals surface area (Å²) in [6, 6.07) is 8.11. The van der Waals surface area contributed by atoms with Crippen molar-refractivity contribution in [3.8, 4) is 23.4 Å². The Kier molecular flexibility index (Phi) is 4.50. The van der Waals surface area contributed by atoms with E-state index in [9.17, 15) is 0 Å². The van der Waals surface area contributed by atoms with E-state index >= 15 is 0 Å². The van der Waals surface area contributed by atoms with Crippen molar-refractivity contribution in [2.24, 2.45) is 5.92 Å². The van der Waals surface area contributed by atoms with Gasteiger partial charge in [0.05, 0.1) is 33.6 Å². The molecule has 0 saturated heterocycles. The van der Waals surface area contributed by atoms with Gasteiger partial charge < -0.3 is 18.9 Å². The van der Waals surface area contributed by atoms with Crippen molar-refractivity contribution in [2.45, 2.75) is 12.8 Å². The largest absolute Gasteiger partial charge is 0.497 e. The van der Waals surface area contributed by atoms with Gasteiger partial charge >= 0.3 is 6.01 Å². The Hall–Kier alpha value is -2.50. The summed E-state index contributed by atoms with van der Waals surface area (Å²) in [5.41, 5.74) is 2.08. The molecule has 0 saturated carbocycles. The maximum Gasteiger partial charge on any atom is 0.319 e. The third-order valence-corrected chi connectivity index (χ3v) is 3.88. The van der Waals surface area contributed by atoms with E-state index in [2.05, 4.69) is 16.0 Å². The van der Waals surface area contributed by atoms with E-state index < -0.39 is 0 Å². The normalized spacial score (nSPS) is 16.2. The lowest BCUT2D eigenvalue weighted by Crippen LogP contribution is -2.23. The van der Waals surface area contributed by atoms with Crippen molar-refractivity contribution >= 4 is 0 Å². The van der Waals surface area contributed by atoms with Crippen LogP contribution in [0.5, 0.6) is 23.4 Å². The van der Waals surface area contributed by atoms with Gasteiger partial charge in [-0.25, -0.2) is 4.98 Å². The quantitative estimate of drug-likeness (QED) is 0.843. The average molecular weight is 316 g/mol. The van der Waals surface area contributed by atoms with Gasteiger partial charge in [0.25, 0.3) is 0 Å². The molecule has 0 aliphatic carbocycles. The van der Waals surface area contributed by atoms with E-state index in [-0.39, 0.29) is 0 Å². The van der Waals surface area contributed by atoms with Crippen molar-refractivity contribution in [3.63, 3.8) is 0 Å². The molecule has 0 radical (unpaired) electrons. The highest BCUT2D eigenvalue weighted by molar-refractivity contribution is 5.42. The molecule has 0 fully saturated rings. The van der Waals surface area contributed by atoms with E-state index in [4.69, 9.17) is 18.9 Å². The van der Waals surface area contributed by atoms with Crippen LogP contribution < -0.4 is 18.9 Å². The second-order valence-corrected chi connectivity index (χ2v) is 5.45. The van der Waals surface area contributed by atoms with E-state index in [1.54, 1.807) is 21.3 Å². The van der Waals surface area contributed by atoms with Gasteiger partial charge in [0.2, 0.25) is 5.88 Å². The van der Waals surface area contributed by atoms with Gasteiger partial charge in [0, 0.05) is 18.1 Å². The number of benzene rings is 1. The number of aromatic nitrogens is 2. The first kappa shape index (κ1) is 15.4. The second-order valence-electron chi connectivity index (χ2n) is 5.45. The zero-order valence-electron chi connectivity index (χ0n) is 13.5. The third kappa shape index (κ3) is 3.47. The first-order valence-electron chi connectivity index (χ1n) is 7.47. The van der Waals surface area contributed by atoms with Crippen LogP contribution in [0, 0.1) is 5.92 Å². The summed E-state index contributed by atoms with van der Waals surface area (Å²) in [6.07, 6.45) is 1.72. The highest BCUT2D eigenvalue weighted by Crippen LogP contribution is 2.32. The summed E-state index contributed by atoms with van der Waals surface area (Å²) in [5, 5.41) is 0. The topological polar surface area (TPSA) is 62.7 Å². The Balaban J connectivity index is 1.74. The Bertz CT molecular complexity index is 668. The van der Waals surface area contributed by atoms with Gasteiger partial charge in [-0.05, 0) is 24.5 Å². The average Bonchev–Trinajstić information content (AvgIpc) is 2.60. The van der Waals surface area contributed by atoms with Crippen LogP contribution in [-0.4, -0.2) is 37.9 Å². The maximum atomic E-state index is 5.88. The van der Waals surface area contributed by atoms with E-state index in [1.807, 2.05) is 18.2 Å². The predicted octanol–water partition coefficient (Wildman–Crippen LogP) is 2.30. The van der Waals surface area contributed by atoms with Crippen LogP contribution in [-0.2, 0) is 12.8 Å². The van der Waals surface area contributed by atoms with Crippen LogP contribution in [0.3, 0.4) is 0 Å². The summed E-state index contributed by atoms with van der Waals surface area (Å²) in [5.74, 6) is 2.57. The fraction of sp³-hybridized carbons (Fsp3) is 0.412. The number of hydrogen-bond acceptors (Lipinski definition) is 6. The van der Waals surface area contributed by atoms with Crippen molar-refractivity contribution in [2.75, 3.05) is 27.9 Å². The standard InChI is InChI=1S/C17H20N2O4/c1-20-14-5-4-12-6-11(10-23-15(12)9-14)7-13-8-16(21-2)19-17(18-13)22-3/h4-5,8-9,11H,6-7,10H2,1-3H3/t11-/m0/s1. The summed E-state index contributed by atoms with van der Waals surface area (Å²) >= 11 is 0. The molecule has 3 rings (SSSR count). The fourth-order valence-electron chi connectivity index (χ4n) is 2.72. The molecule has 2 aromatic rings. The third-order valence-electron chi connectivity index (χ3n) is 3.88. The summed E-state index contributed by atoms with van der Waals surface area (Å²) in [4.78, 5) is 8.51. The van der Waals surface area contributed by atoms with Crippen LogP contribution >= 0.6 is 0 Å². The lowest BCUT2D eigenvalue weighted by atomic mass is 9.92. The SMILES string of the molecule is COc1ccc2c(c1)OC[C@H](Cc1cc(OC)nc(OC)n1)C2. The molecule has 0 unspecified atom stereocenters. The van der Waals surface area contributed by atoms with Crippen LogP contribution in [0.15, 0.2) is 24.3 Å². The Morgan fingerprint density at radius 2 is 1.96 bits per heavy atom. The van der Waals surface area contributed by atoms with Gasteiger partial charge in [-0.3, -0.25) is 0 Å². The molecule has 23 heavy (non-hydrogen) atoms. The van der Waals surface area contributed by atoms with Gasteiger partial charge in [-0.15, -0.1) is 0 Å². The smallest absolute Gasteiger partial charge is 0.319 e. The molecule has 1 aromatic heterocycles. The molecule has 0 N–H and O–H groups in total. The van der Waals surface area contributed by atoms with Crippen LogP contribution in [0.2, 0.25) is 0 Å². The minimum atomic E-state index is 0.321. The van der Waals surface area contributed by atoms with Gasteiger partial charge in [-0.2, -0.15) is 4.98 Å². The predicted molar refractivity (Wildman–Crippen MR) is 84.5 cm³/mol. The number of methoxy groups -OCH3 is 3. The van der Waals surface area contributed by atoms with Gasteiger partial charge in [0.15, 0.2) is 0 Å². The molecule has 1 aromatic carbocycles. The maximum absolute atomic E-state index is 5.88. The van der Waals surface area contributed by atoms with Crippen molar-refractivity contribution in [1.29, 1.82) is 0 Å². The number of nitrogens with zero attached hydrogens (tertiary/aromatic N) is 2. The molecule has 6 heteroatoms. The fourth-order valence-corrected chi connectivity index (χ4v) is 2.72. The molecular formula is C17H20N2O4. The summed E-state index contributed by atoms with van der Waals surface area (Å²) < 4.78 is 21.4. The minimum Gasteiger partial charge on any atom is -0.497 e. The Morgan fingerprint density at radius 3 is 2.70 bits per heavy atom. The molecule has 6 nitrogen and oxygen atoms in total. The summed E-state index contributed by atoms with van der Waals surface area (Å²) in [6.45, 7) is 0.648. The number of rotatable bonds is 5. The molecule has 1 aliphatic rings. The lowest BCUT2D eigenvalue weighted by Gasteiger charge is -2.25. The van der Waals surface area contributed by atoms with Crippen molar-refractivity contribution in [3.05, 3.63) is 35.5 Å². The molecule has 2 heterocycles. The van der Waals surface area contributed by atoms with Gasteiger partial charge in [0.1, 0.15) is 11.5 Å². The molecule has 1 atom stereocenters. The summed E-state index contributed by atoms with van der Waals surface area (Å²) in [7, 11) is 4.79. The highest BCUT2D eigenvalue weighted by atomic mass is 16.5. The Morgan fingerprint density at radius 1 is 1.09 bits per heavy atom. The molecule has 0 spiro atoms. The van der Waals surface area contributed by atoms with E-state index in [0.29, 0.717) is 24.4 Å². The zero-order valence-corrected chi connectivity index (χ0v) is 13.5. The zero-order chi connectivity index (χ0) is 16.2. The van der Waals surface area contributed by atoms with Crippen LogP contribution in [0.25, 0.3) is 0 Å². The number of fused-ring (bicyclic) bond motifs is 1. The monoisotopic (exact) mass is 316 g/mol. The van der Waals surface area contributed by atoms with Crippen LogP contribution in [0.4, 0.5) is 0 Å². The first-order valence-corrected chi connectivity index (χ1v) is 7.47. The van der Waals surface area contributed by atoms with Gasteiger partial charge in [-0.1, -0.05) is 6.07 Å². The second kappa shape index (κ2) is 6.73. The van der Waals surface area contributed by atoms with Crippen molar-refractivity contribution in [1.82, 2.24) is 9.97 Å². The number of ether oxygens (including phenoxy) is 4. The van der Waals surface area contributed by atoms with E-state index in [0.717, 1.165) is 30.0 Å². The molecule has 0 bridgehead atoms. The molecular weight excluding hydrogens is 296 g/mol. The van der Waals surface area contributed by atoms with Crippen LogP contribution in [0.1, 0.15) is 11.3 Å². The lowest BCUT2D eigenvalue weighted by molar-refractivity contribution is 0.219. The Labute approximate surface area is 135 Å². The first-order chi connectivity index (χ1) is 11.2.